The minimum atomic E-state index is -1.14. The molecular weight excluding hydrogens is 420 g/mol. The number of hydrogen-bond acceptors (Lipinski definition) is 4. The molecule has 0 N–H and O–H groups in total. The van der Waals surface area contributed by atoms with Gasteiger partial charge < -0.3 is 4.74 Å². The summed E-state index contributed by atoms with van der Waals surface area (Å²) in [6.45, 7) is 0. The van der Waals surface area contributed by atoms with E-state index in [0.717, 1.165) is 22.6 Å². The number of methoxy groups -OCH3 is 1. The number of benzene rings is 3. The average Bonchev–Trinajstić information content (AvgIpc) is 3.04. The molecule has 0 saturated carbocycles. The quantitative estimate of drug-likeness (QED) is 0.498. The molecule has 3 aromatic rings. The number of imide groups is 1. The number of rotatable bonds is 6. The van der Waals surface area contributed by atoms with Crippen LogP contribution in [-0.2, 0) is 15.3 Å². The van der Waals surface area contributed by atoms with E-state index in [9.17, 15) is 18.4 Å². The number of halogens is 2. The van der Waals surface area contributed by atoms with Crippen molar-refractivity contribution in [3.8, 4) is 5.75 Å². The van der Waals surface area contributed by atoms with Crippen molar-refractivity contribution < 1.29 is 23.1 Å². The third-order valence-corrected chi connectivity index (χ3v) is 5.95. The lowest BCUT2D eigenvalue weighted by atomic mass is 10.0. The van der Waals surface area contributed by atoms with Crippen LogP contribution in [0.25, 0.3) is 5.57 Å². The van der Waals surface area contributed by atoms with Gasteiger partial charge in [-0.3, -0.25) is 9.59 Å². The zero-order valence-electron chi connectivity index (χ0n) is 16.5. The fraction of sp³-hybridized carbons (Fsp3) is 0.0833. The Labute approximate surface area is 182 Å². The summed E-state index contributed by atoms with van der Waals surface area (Å²) in [6, 6.07) is 19.3. The SMILES string of the molecule is COc1ccccc1C1=C(SCc2ccccc2)C(=O)N(c2ccc(F)c(F)c2)C1=O. The molecule has 0 aliphatic carbocycles. The molecule has 0 bridgehead atoms. The number of nitrogens with zero attached hydrogens (tertiary/aromatic N) is 1. The normalized spacial score (nSPS) is 13.8. The number of para-hydroxylation sites is 1. The Morgan fingerprint density at radius 3 is 2.29 bits per heavy atom. The van der Waals surface area contributed by atoms with Crippen LogP contribution >= 0.6 is 11.8 Å². The molecule has 1 aliphatic rings. The van der Waals surface area contributed by atoms with Crippen LogP contribution in [0.1, 0.15) is 11.1 Å². The maximum absolute atomic E-state index is 13.8. The first-order valence-electron chi connectivity index (χ1n) is 9.39. The molecule has 31 heavy (non-hydrogen) atoms. The molecule has 0 atom stereocenters. The molecule has 0 fully saturated rings. The molecule has 1 aliphatic heterocycles. The van der Waals surface area contributed by atoms with Crippen molar-refractivity contribution in [3.05, 3.63) is 100 Å². The third kappa shape index (κ3) is 3.96. The van der Waals surface area contributed by atoms with Gasteiger partial charge in [-0.25, -0.2) is 13.7 Å². The van der Waals surface area contributed by atoms with Crippen molar-refractivity contribution in [2.24, 2.45) is 0 Å². The van der Waals surface area contributed by atoms with Crippen molar-refractivity contribution in [2.45, 2.75) is 5.75 Å². The molecule has 0 saturated heterocycles. The minimum absolute atomic E-state index is 0.0309. The van der Waals surface area contributed by atoms with Crippen molar-refractivity contribution >= 4 is 34.8 Å². The van der Waals surface area contributed by atoms with Gasteiger partial charge in [-0.2, -0.15) is 0 Å². The maximum atomic E-state index is 13.8. The summed E-state index contributed by atoms with van der Waals surface area (Å²) < 4.78 is 32.6. The van der Waals surface area contributed by atoms with Crippen molar-refractivity contribution in [1.82, 2.24) is 0 Å². The number of anilines is 1. The molecule has 4 nitrogen and oxygen atoms in total. The monoisotopic (exact) mass is 437 g/mol. The fourth-order valence-corrected chi connectivity index (χ4v) is 4.38. The topological polar surface area (TPSA) is 46.6 Å². The smallest absolute Gasteiger partial charge is 0.272 e. The Bertz CT molecular complexity index is 1190. The predicted molar refractivity (Wildman–Crippen MR) is 117 cm³/mol. The van der Waals surface area contributed by atoms with Gasteiger partial charge in [-0.15, -0.1) is 11.8 Å². The Hall–Kier alpha value is -3.45. The molecule has 156 valence electrons. The number of amides is 2. The Morgan fingerprint density at radius 2 is 1.58 bits per heavy atom. The van der Waals surface area contributed by atoms with Gasteiger partial charge in [-0.1, -0.05) is 48.5 Å². The van der Waals surface area contributed by atoms with E-state index in [1.807, 2.05) is 30.3 Å². The van der Waals surface area contributed by atoms with E-state index in [2.05, 4.69) is 0 Å². The number of carbonyl (C=O) groups is 2. The van der Waals surface area contributed by atoms with Crippen LogP contribution in [0.4, 0.5) is 14.5 Å². The average molecular weight is 437 g/mol. The van der Waals surface area contributed by atoms with Crippen LogP contribution in [0.15, 0.2) is 77.7 Å². The van der Waals surface area contributed by atoms with Gasteiger partial charge in [0, 0.05) is 17.4 Å². The van der Waals surface area contributed by atoms with Gasteiger partial charge in [0.15, 0.2) is 11.6 Å². The lowest BCUT2D eigenvalue weighted by Crippen LogP contribution is -2.31. The highest BCUT2D eigenvalue weighted by Gasteiger charge is 2.41. The summed E-state index contributed by atoms with van der Waals surface area (Å²) in [5.74, 6) is -2.50. The van der Waals surface area contributed by atoms with Crippen molar-refractivity contribution in [3.63, 3.8) is 0 Å². The van der Waals surface area contributed by atoms with Crippen LogP contribution in [-0.4, -0.2) is 18.9 Å². The lowest BCUT2D eigenvalue weighted by Gasteiger charge is -2.16. The van der Waals surface area contributed by atoms with Crippen molar-refractivity contribution in [1.29, 1.82) is 0 Å². The van der Waals surface area contributed by atoms with Crippen LogP contribution in [0.5, 0.6) is 5.75 Å². The highest BCUT2D eigenvalue weighted by Crippen LogP contribution is 2.42. The standard InChI is InChI=1S/C24H17F2NO3S/c1-30-20-10-6-5-9-17(20)21-22(31-14-15-7-3-2-4-8-15)24(29)27(23(21)28)16-11-12-18(25)19(26)13-16/h2-13H,14H2,1H3. The van der Waals surface area contributed by atoms with Gasteiger partial charge >= 0.3 is 0 Å². The first-order chi connectivity index (χ1) is 15.0. The van der Waals surface area contributed by atoms with E-state index in [-0.39, 0.29) is 16.2 Å². The summed E-state index contributed by atoms with van der Waals surface area (Å²) in [4.78, 5) is 27.7. The van der Waals surface area contributed by atoms with Gasteiger partial charge in [0.1, 0.15) is 5.75 Å². The Morgan fingerprint density at radius 1 is 0.871 bits per heavy atom. The van der Waals surface area contributed by atoms with Gasteiger partial charge in [0.2, 0.25) is 0 Å². The van der Waals surface area contributed by atoms with E-state index in [1.54, 1.807) is 24.3 Å². The molecule has 1 heterocycles. The summed E-state index contributed by atoms with van der Waals surface area (Å²) >= 11 is 1.22. The zero-order valence-corrected chi connectivity index (χ0v) is 17.3. The second-order valence-electron chi connectivity index (χ2n) is 6.72. The van der Waals surface area contributed by atoms with E-state index in [0.29, 0.717) is 17.1 Å². The molecule has 0 unspecified atom stereocenters. The molecule has 0 radical (unpaired) electrons. The third-order valence-electron chi connectivity index (χ3n) is 4.81. The largest absolute Gasteiger partial charge is 0.496 e. The molecule has 4 rings (SSSR count). The summed E-state index contributed by atoms with van der Waals surface area (Å²) in [5, 5.41) is 0. The second-order valence-corrected chi connectivity index (χ2v) is 7.71. The fourth-order valence-electron chi connectivity index (χ4n) is 3.32. The lowest BCUT2D eigenvalue weighted by molar-refractivity contribution is -0.119. The summed E-state index contributed by atoms with van der Waals surface area (Å²) in [6.07, 6.45) is 0. The summed E-state index contributed by atoms with van der Waals surface area (Å²) in [5.41, 5.74) is 1.58. The van der Waals surface area contributed by atoms with Gasteiger partial charge in [0.05, 0.1) is 23.3 Å². The van der Waals surface area contributed by atoms with Crippen LogP contribution in [0, 0.1) is 11.6 Å². The van der Waals surface area contributed by atoms with Gasteiger partial charge in [0.25, 0.3) is 11.8 Å². The van der Waals surface area contributed by atoms with Gasteiger partial charge in [-0.05, 0) is 23.8 Å². The van der Waals surface area contributed by atoms with Crippen molar-refractivity contribution in [2.75, 3.05) is 12.0 Å². The molecule has 2 amide bonds. The molecule has 7 heteroatoms. The highest BCUT2D eigenvalue weighted by atomic mass is 32.2. The van der Waals surface area contributed by atoms with E-state index < -0.39 is 23.4 Å². The Balaban J connectivity index is 1.79. The zero-order chi connectivity index (χ0) is 22.0. The van der Waals surface area contributed by atoms with Crippen LogP contribution in [0.2, 0.25) is 0 Å². The van der Waals surface area contributed by atoms with E-state index >= 15 is 0 Å². The Kier molecular flexibility index (Phi) is 5.86. The molecular formula is C24H17F2NO3S. The highest BCUT2D eigenvalue weighted by molar-refractivity contribution is 8.03. The predicted octanol–water partition coefficient (Wildman–Crippen LogP) is 5.19. The molecule has 0 aromatic heterocycles. The molecule has 0 spiro atoms. The number of ether oxygens (including phenoxy) is 1. The maximum Gasteiger partial charge on any atom is 0.272 e. The molecule has 3 aromatic carbocycles. The first kappa shape index (κ1) is 20.8. The first-order valence-corrected chi connectivity index (χ1v) is 10.4. The number of carbonyl (C=O) groups excluding carboxylic acids is 2. The summed E-state index contributed by atoms with van der Waals surface area (Å²) in [7, 11) is 1.48. The van der Waals surface area contributed by atoms with Crippen LogP contribution < -0.4 is 9.64 Å². The van der Waals surface area contributed by atoms with Crippen LogP contribution in [0.3, 0.4) is 0 Å². The number of hydrogen-bond donors (Lipinski definition) is 0. The number of thioether (sulfide) groups is 1. The minimum Gasteiger partial charge on any atom is -0.496 e. The van der Waals surface area contributed by atoms with E-state index in [1.165, 1.54) is 24.9 Å². The second kappa shape index (κ2) is 8.73. The van der Waals surface area contributed by atoms with E-state index in [4.69, 9.17) is 4.74 Å².